The normalized spacial score (nSPS) is 7.18. The standard InChI is InChI=1S/2C6H7N.2ClH.Pt/c2*1-6-3-2-4-7-5-6;;;/h2*2-5H,1H3;2*1H;/q;;;;+2/p-2. The molecule has 0 atom stereocenters. The summed E-state index contributed by atoms with van der Waals surface area (Å²) in [7, 11) is 0. The Balaban J connectivity index is -0.000000196. The molecule has 2 nitrogen and oxygen atoms in total. The number of hydrogen-bond donors (Lipinski definition) is 0. The van der Waals surface area contributed by atoms with Gasteiger partial charge in [-0.2, -0.15) is 0 Å². The van der Waals surface area contributed by atoms with E-state index >= 15 is 0 Å². The molecule has 0 radical (unpaired) electrons. The van der Waals surface area contributed by atoms with Crippen molar-refractivity contribution in [3.8, 4) is 0 Å². The summed E-state index contributed by atoms with van der Waals surface area (Å²) in [6, 6.07) is 7.89. The largest absolute Gasteiger partial charge is 2.00 e. The van der Waals surface area contributed by atoms with E-state index in [1.807, 2.05) is 50.5 Å². The number of nitrogens with zero attached hydrogens (tertiary/aromatic N) is 2. The van der Waals surface area contributed by atoms with Gasteiger partial charge in [-0.25, -0.2) is 0 Å². The third-order valence-electron chi connectivity index (χ3n) is 1.62. The molecular weight excluding hydrogens is 438 g/mol. The van der Waals surface area contributed by atoms with Crippen molar-refractivity contribution in [1.82, 2.24) is 9.97 Å². The Kier molecular flexibility index (Phi) is 17.5. The van der Waals surface area contributed by atoms with Crippen molar-refractivity contribution in [2.24, 2.45) is 0 Å². The van der Waals surface area contributed by atoms with Gasteiger partial charge in [0.25, 0.3) is 0 Å². The van der Waals surface area contributed by atoms with E-state index in [1.165, 1.54) is 11.1 Å². The molecule has 0 aromatic carbocycles. The average Bonchev–Trinajstić information content (AvgIpc) is 2.21. The van der Waals surface area contributed by atoms with Crippen LogP contribution in [0.1, 0.15) is 11.1 Å². The molecule has 0 fully saturated rings. The second-order valence-corrected chi connectivity index (χ2v) is 3.06. The van der Waals surface area contributed by atoms with Crippen LogP contribution in [0.3, 0.4) is 0 Å². The van der Waals surface area contributed by atoms with Gasteiger partial charge in [0, 0.05) is 24.8 Å². The smallest absolute Gasteiger partial charge is 1.00 e. The van der Waals surface area contributed by atoms with E-state index in [-0.39, 0.29) is 45.9 Å². The molecule has 2 rings (SSSR count). The third kappa shape index (κ3) is 11.8. The average molecular weight is 452 g/mol. The number of halogens is 2. The predicted octanol–water partition coefficient (Wildman–Crippen LogP) is -3.21. The van der Waals surface area contributed by atoms with Crippen molar-refractivity contribution in [1.29, 1.82) is 0 Å². The summed E-state index contributed by atoms with van der Waals surface area (Å²) in [5.74, 6) is 0. The van der Waals surface area contributed by atoms with E-state index < -0.39 is 0 Å². The number of pyridine rings is 2. The molecule has 0 aliphatic carbocycles. The first-order chi connectivity index (χ1) is 6.79. The van der Waals surface area contributed by atoms with E-state index in [4.69, 9.17) is 0 Å². The van der Waals surface area contributed by atoms with Gasteiger partial charge in [-0.05, 0) is 37.1 Å². The molecule has 0 aliphatic rings. The van der Waals surface area contributed by atoms with Crippen LogP contribution >= 0.6 is 0 Å². The topological polar surface area (TPSA) is 25.8 Å². The molecular formula is C12H14Cl2N2Pt. The Labute approximate surface area is 129 Å². The summed E-state index contributed by atoms with van der Waals surface area (Å²) >= 11 is 0. The summed E-state index contributed by atoms with van der Waals surface area (Å²) < 4.78 is 0. The first kappa shape index (κ1) is 21.8. The molecule has 5 heteroatoms. The Morgan fingerprint density at radius 2 is 1.12 bits per heavy atom. The van der Waals surface area contributed by atoms with E-state index in [0.717, 1.165) is 0 Å². The van der Waals surface area contributed by atoms with E-state index in [9.17, 15) is 0 Å². The quantitative estimate of drug-likeness (QED) is 0.421. The van der Waals surface area contributed by atoms with Crippen molar-refractivity contribution in [2.45, 2.75) is 13.8 Å². The second kappa shape index (κ2) is 13.6. The fourth-order valence-corrected chi connectivity index (χ4v) is 0.896. The Bertz CT molecular complexity index is 320. The molecule has 2 aromatic heterocycles. The molecule has 0 aliphatic heterocycles. The first-order valence-electron chi connectivity index (χ1n) is 4.52. The summed E-state index contributed by atoms with van der Waals surface area (Å²) in [6.45, 7) is 4.04. The van der Waals surface area contributed by atoms with Gasteiger partial charge in [0.1, 0.15) is 0 Å². The maximum Gasteiger partial charge on any atom is 2.00 e. The van der Waals surface area contributed by atoms with Crippen molar-refractivity contribution < 1.29 is 45.9 Å². The summed E-state index contributed by atoms with van der Waals surface area (Å²) in [4.78, 5) is 7.77. The van der Waals surface area contributed by atoms with Crippen LogP contribution in [0.2, 0.25) is 0 Å². The van der Waals surface area contributed by atoms with Crippen LogP contribution in [-0.4, -0.2) is 9.97 Å². The first-order valence-corrected chi connectivity index (χ1v) is 4.52. The fraction of sp³-hybridized carbons (Fsp3) is 0.167. The van der Waals surface area contributed by atoms with Crippen molar-refractivity contribution >= 4 is 0 Å². The SMILES string of the molecule is Cc1cccnc1.Cc1cccnc1.[Cl-].[Cl-].[Pt+2]. The minimum Gasteiger partial charge on any atom is -1.00 e. The Morgan fingerprint density at radius 3 is 1.24 bits per heavy atom. The number of hydrogen-bond acceptors (Lipinski definition) is 2. The van der Waals surface area contributed by atoms with Gasteiger partial charge in [-0.15, -0.1) is 0 Å². The van der Waals surface area contributed by atoms with E-state index in [1.54, 1.807) is 12.4 Å². The zero-order valence-corrected chi connectivity index (χ0v) is 13.4. The molecule has 0 unspecified atom stereocenters. The van der Waals surface area contributed by atoms with Crippen LogP contribution in [0.15, 0.2) is 49.1 Å². The zero-order valence-electron chi connectivity index (χ0n) is 9.59. The number of aryl methyl sites for hydroxylation is 2. The van der Waals surface area contributed by atoms with Gasteiger partial charge >= 0.3 is 21.1 Å². The molecule has 2 heterocycles. The van der Waals surface area contributed by atoms with E-state index in [0.29, 0.717) is 0 Å². The van der Waals surface area contributed by atoms with Gasteiger partial charge in [0.2, 0.25) is 0 Å². The summed E-state index contributed by atoms with van der Waals surface area (Å²) in [5, 5.41) is 0. The Hall–Kier alpha value is -0.432. The van der Waals surface area contributed by atoms with Crippen LogP contribution in [0, 0.1) is 13.8 Å². The third-order valence-corrected chi connectivity index (χ3v) is 1.62. The van der Waals surface area contributed by atoms with Crippen molar-refractivity contribution in [3.63, 3.8) is 0 Å². The molecule has 0 saturated carbocycles. The minimum atomic E-state index is 0. The molecule has 0 bridgehead atoms. The predicted molar refractivity (Wildman–Crippen MR) is 57.9 cm³/mol. The number of rotatable bonds is 0. The van der Waals surface area contributed by atoms with Crippen LogP contribution in [0.25, 0.3) is 0 Å². The summed E-state index contributed by atoms with van der Waals surface area (Å²) in [5.41, 5.74) is 2.42. The molecule has 0 spiro atoms. The van der Waals surface area contributed by atoms with Crippen LogP contribution in [0.4, 0.5) is 0 Å². The van der Waals surface area contributed by atoms with Crippen molar-refractivity contribution in [2.75, 3.05) is 0 Å². The van der Waals surface area contributed by atoms with Gasteiger partial charge in [-0.1, -0.05) is 12.1 Å². The van der Waals surface area contributed by atoms with Crippen LogP contribution < -0.4 is 24.8 Å². The molecule has 17 heavy (non-hydrogen) atoms. The molecule has 0 N–H and O–H groups in total. The van der Waals surface area contributed by atoms with E-state index in [2.05, 4.69) is 9.97 Å². The zero-order chi connectivity index (χ0) is 10.2. The minimum absolute atomic E-state index is 0. The second-order valence-electron chi connectivity index (χ2n) is 3.06. The Morgan fingerprint density at radius 1 is 0.765 bits per heavy atom. The van der Waals surface area contributed by atoms with Gasteiger partial charge < -0.3 is 24.8 Å². The molecule has 96 valence electrons. The van der Waals surface area contributed by atoms with Crippen LogP contribution in [0.5, 0.6) is 0 Å². The molecule has 2 aromatic rings. The molecule has 0 amide bonds. The molecule has 0 saturated heterocycles. The van der Waals surface area contributed by atoms with Gasteiger partial charge in [0.15, 0.2) is 0 Å². The fourth-order valence-electron chi connectivity index (χ4n) is 0.896. The van der Waals surface area contributed by atoms with Crippen molar-refractivity contribution in [3.05, 3.63) is 60.2 Å². The maximum absolute atomic E-state index is 3.88. The van der Waals surface area contributed by atoms with Crippen LogP contribution in [-0.2, 0) is 21.1 Å². The van der Waals surface area contributed by atoms with Gasteiger partial charge in [0.05, 0.1) is 0 Å². The number of aromatic nitrogens is 2. The van der Waals surface area contributed by atoms with Gasteiger partial charge in [-0.3, -0.25) is 9.97 Å². The monoisotopic (exact) mass is 451 g/mol. The summed E-state index contributed by atoms with van der Waals surface area (Å²) in [6.07, 6.45) is 7.21. The maximum atomic E-state index is 3.88.